The zero-order valence-electron chi connectivity index (χ0n) is 17.7. The van der Waals surface area contributed by atoms with Crippen LogP contribution in [-0.2, 0) is 9.53 Å². The number of carboxylic acids is 1. The van der Waals surface area contributed by atoms with Crippen molar-refractivity contribution >= 4 is 17.7 Å². The fraction of sp³-hybridized carbons (Fsp3) is 0.762. The summed E-state index contributed by atoms with van der Waals surface area (Å²) in [5.74, 6) is 0.0378. The molecule has 154 valence electrons. The molecule has 0 aliphatic carbocycles. The van der Waals surface area contributed by atoms with Crippen molar-refractivity contribution in [2.75, 3.05) is 32.0 Å². The number of morpholine rings is 1. The number of carboxylic acid groups (broad SMARTS) is 1. The summed E-state index contributed by atoms with van der Waals surface area (Å²) in [5.41, 5.74) is 1.62. The molecule has 5 nitrogen and oxygen atoms in total. The number of ether oxygens (including phenoxy) is 1. The summed E-state index contributed by atoms with van der Waals surface area (Å²) in [4.78, 5) is 16.8. The van der Waals surface area contributed by atoms with E-state index in [1.807, 2.05) is 6.92 Å². The van der Waals surface area contributed by atoms with Gasteiger partial charge in [0.15, 0.2) is 0 Å². The Hall–Kier alpha value is -0.980. The normalized spacial score (nSPS) is 25.0. The van der Waals surface area contributed by atoms with Crippen molar-refractivity contribution < 1.29 is 14.6 Å². The topological polar surface area (TPSA) is 53.0 Å². The summed E-state index contributed by atoms with van der Waals surface area (Å²) < 4.78 is 5.73. The minimum absolute atomic E-state index is 0.105. The lowest BCUT2D eigenvalue weighted by Crippen LogP contribution is -2.54. The molecule has 2 aliphatic rings. The highest BCUT2D eigenvalue weighted by Gasteiger charge is 2.35. The van der Waals surface area contributed by atoms with E-state index in [1.165, 1.54) is 0 Å². The van der Waals surface area contributed by atoms with Gasteiger partial charge in [-0.25, -0.2) is 4.79 Å². The Balaban J connectivity index is 2.33. The molecule has 0 amide bonds. The number of hydrogen-bond acceptors (Lipinski definition) is 5. The van der Waals surface area contributed by atoms with Crippen molar-refractivity contribution in [1.82, 2.24) is 9.80 Å². The van der Waals surface area contributed by atoms with Gasteiger partial charge in [0.05, 0.1) is 23.3 Å². The van der Waals surface area contributed by atoms with Crippen molar-refractivity contribution in [2.45, 2.75) is 66.7 Å². The van der Waals surface area contributed by atoms with Gasteiger partial charge in [-0.2, -0.15) is 0 Å². The Morgan fingerprint density at radius 3 is 2.67 bits per heavy atom. The molecule has 1 fully saturated rings. The number of thioether (sulfide) groups is 1. The Morgan fingerprint density at radius 2 is 2.11 bits per heavy atom. The Kier molecular flexibility index (Phi) is 7.83. The van der Waals surface area contributed by atoms with Gasteiger partial charge in [0.2, 0.25) is 0 Å². The second kappa shape index (κ2) is 9.48. The molecule has 2 atom stereocenters. The van der Waals surface area contributed by atoms with Crippen LogP contribution in [0, 0.1) is 5.41 Å². The zero-order valence-corrected chi connectivity index (χ0v) is 18.6. The Morgan fingerprint density at radius 1 is 1.41 bits per heavy atom. The average Bonchev–Trinajstić information content (AvgIpc) is 2.55. The highest BCUT2D eigenvalue weighted by Crippen LogP contribution is 2.36. The van der Waals surface area contributed by atoms with Crippen LogP contribution in [0.1, 0.15) is 54.4 Å². The Labute approximate surface area is 168 Å². The fourth-order valence-electron chi connectivity index (χ4n) is 3.78. The van der Waals surface area contributed by atoms with E-state index < -0.39 is 5.97 Å². The monoisotopic (exact) mass is 396 g/mol. The standard InChI is InChI=1S/C21H36N2O3S/c1-7-27-19-18(20(24)25)15(2)13-17(22-11-12-26-16(3)14-22)23(19)10-8-9-21(4,5)6/h13,16-17H,7-12,14H2,1-6H3,(H,24,25)/t16-,17?/m1/s1. The maximum Gasteiger partial charge on any atom is 0.338 e. The minimum atomic E-state index is -0.825. The summed E-state index contributed by atoms with van der Waals surface area (Å²) >= 11 is 1.65. The van der Waals surface area contributed by atoms with Crippen molar-refractivity contribution in [3.63, 3.8) is 0 Å². The van der Waals surface area contributed by atoms with Crippen LogP contribution >= 0.6 is 11.8 Å². The van der Waals surface area contributed by atoms with Gasteiger partial charge in [-0.15, -0.1) is 11.8 Å². The van der Waals surface area contributed by atoms with Gasteiger partial charge >= 0.3 is 5.97 Å². The molecule has 6 heteroatoms. The maximum absolute atomic E-state index is 12.0. The molecule has 27 heavy (non-hydrogen) atoms. The summed E-state index contributed by atoms with van der Waals surface area (Å²) in [6, 6.07) is 0. The summed E-state index contributed by atoms with van der Waals surface area (Å²) in [7, 11) is 0. The van der Waals surface area contributed by atoms with Crippen LogP contribution in [0.5, 0.6) is 0 Å². The van der Waals surface area contributed by atoms with Crippen LogP contribution in [0.4, 0.5) is 0 Å². The van der Waals surface area contributed by atoms with Gasteiger partial charge in [0.1, 0.15) is 6.17 Å². The third kappa shape index (κ3) is 6.00. The van der Waals surface area contributed by atoms with Gasteiger partial charge in [0, 0.05) is 19.6 Å². The predicted molar refractivity (Wildman–Crippen MR) is 113 cm³/mol. The van der Waals surface area contributed by atoms with Gasteiger partial charge in [0.25, 0.3) is 0 Å². The molecule has 2 aliphatic heterocycles. The number of nitrogens with zero attached hydrogens (tertiary/aromatic N) is 2. The predicted octanol–water partition coefficient (Wildman–Crippen LogP) is 4.17. The largest absolute Gasteiger partial charge is 0.478 e. The molecule has 1 saturated heterocycles. The van der Waals surface area contributed by atoms with E-state index in [1.54, 1.807) is 11.8 Å². The maximum atomic E-state index is 12.0. The molecule has 2 rings (SSSR count). The van der Waals surface area contributed by atoms with Crippen LogP contribution in [-0.4, -0.2) is 65.1 Å². The van der Waals surface area contributed by atoms with Crippen molar-refractivity contribution in [1.29, 1.82) is 0 Å². The SMILES string of the molecule is CCSC1=C(C(=O)O)C(C)=CC(N2CCO[C@H](C)C2)N1CCCC(C)(C)C. The third-order valence-corrected chi connectivity index (χ3v) is 6.06. The van der Waals surface area contributed by atoms with Gasteiger partial charge in [-0.1, -0.05) is 27.7 Å². The van der Waals surface area contributed by atoms with Crippen molar-refractivity contribution in [3.8, 4) is 0 Å². The first-order chi connectivity index (χ1) is 12.6. The molecular formula is C21H36N2O3S. The number of rotatable bonds is 7. The van der Waals surface area contributed by atoms with E-state index in [0.29, 0.717) is 5.57 Å². The molecule has 0 aromatic rings. The molecule has 0 saturated carbocycles. The second-order valence-corrected chi connectivity index (χ2v) is 9.97. The number of carbonyl (C=O) groups is 1. The van der Waals surface area contributed by atoms with E-state index in [-0.39, 0.29) is 17.7 Å². The summed E-state index contributed by atoms with van der Waals surface area (Å²) in [6.07, 6.45) is 4.61. The lowest BCUT2D eigenvalue weighted by molar-refractivity contribution is -0.132. The third-order valence-electron chi connectivity index (χ3n) is 5.05. The van der Waals surface area contributed by atoms with E-state index in [2.05, 4.69) is 50.5 Å². The van der Waals surface area contributed by atoms with Crippen LogP contribution in [0.2, 0.25) is 0 Å². The molecule has 0 aromatic heterocycles. The zero-order chi connectivity index (χ0) is 20.2. The van der Waals surface area contributed by atoms with Crippen LogP contribution in [0.15, 0.2) is 22.3 Å². The lowest BCUT2D eigenvalue weighted by Gasteiger charge is -2.46. The first kappa shape index (κ1) is 22.3. The van der Waals surface area contributed by atoms with E-state index >= 15 is 0 Å². The molecular weight excluding hydrogens is 360 g/mol. The smallest absolute Gasteiger partial charge is 0.338 e. The highest BCUT2D eigenvalue weighted by atomic mass is 32.2. The summed E-state index contributed by atoms with van der Waals surface area (Å²) in [5, 5.41) is 10.8. The molecule has 0 spiro atoms. The number of hydrogen-bond donors (Lipinski definition) is 1. The van der Waals surface area contributed by atoms with Crippen LogP contribution < -0.4 is 0 Å². The van der Waals surface area contributed by atoms with E-state index in [4.69, 9.17) is 4.74 Å². The van der Waals surface area contributed by atoms with Gasteiger partial charge in [-0.05, 0) is 49.5 Å². The van der Waals surface area contributed by atoms with E-state index in [9.17, 15) is 9.90 Å². The molecule has 1 unspecified atom stereocenters. The fourth-order valence-corrected chi connectivity index (χ4v) is 4.81. The van der Waals surface area contributed by atoms with Crippen molar-refractivity contribution in [3.05, 3.63) is 22.3 Å². The van der Waals surface area contributed by atoms with Crippen LogP contribution in [0.25, 0.3) is 0 Å². The number of aliphatic carboxylic acids is 1. The van der Waals surface area contributed by atoms with Crippen LogP contribution in [0.3, 0.4) is 0 Å². The molecule has 2 heterocycles. The minimum Gasteiger partial charge on any atom is -0.478 e. The quantitative estimate of drug-likeness (QED) is 0.697. The first-order valence-corrected chi connectivity index (χ1v) is 11.0. The Bertz CT molecular complexity index is 595. The highest BCUT2D eigenvalue weighted by molar-refractivity contribution is 8.03. The molecule has 0 bridgehead atoms. The first-order valence-electron chi connectivity index (χ1n) is 10.1. The second-order valence-electron chi connectivity index (χ2n) is 8.72. The summed E-state index contributed by atoms with van der Waals surface area (Å²) in [6.45, 7) is 16.3. The van der Waals surface area contributed by atoms with Gasteiger partial charge < -0.3 is 14.7 Å². The van der Waals surface area contributed by atoms with Gasteiger partial charge in [-0.3, -0.25) is 4.90 Å². The van der Waals surface area contributed by atoms with Crippen molar-refractivity contribution in [2.24, 2.45) is 5.41 Å². The molecule has 1 N–H and O–H groups in total. The molecule has 0 aromatic carbocycles. The molecule has 0 radical (unpaired) electrons. The van der Waals surface area contributed by atoms with E-state index in [0.717, 1.165) is 55.4 Å². The lowest BCUT2D eigenvalue weighted by atomic mass is 9.90. The average molecular weight is 397 g/mol.